The highest BCUT2D eigenvalue weighted by atomic mass is 16.6. The summed E-state index contributed by atoms with van der Waals surface area (Å²) in [5, 5.41) is 7.97. The molecule has 0 saturated carbocycles. The molecular formula is C24H27N3O5. The molecule has 4 rings (SSSR count). The number of carbonyl (C=O) groups excluding carboxylic acids is 1. The second-order valence-corrected chi connectivity index (χ2v) is 7.76. The van der Waals surface area contributed by atoms with Crippen LogP contribution in [0, 0.1) is 13.8 Å². The topological polar surface area (TPSA) is 84.7 Å². The van der Waals surface area contributed by atoms with Crippen molar-refractivity contribution in [3.8, 4) is 11.5 Å². The molecule has 2 heterocycles. The quantitative estimate of drug-likeness (QED) is 0.494. The zero-order chi connectivity index (χ0) is 22.5. The lowest BCUT2D eigenvalue weighted by Crippen LogP contribution is -2.32. The van der Waals surface area contributed by atoms with E-state index in [9.17, 15) is 4.79 Å². The second kappa shape index (κ2) is 9.82. The minimum Gasteiger partial charge on any atom is -0.491 e. The molecule has 1 aliphatic heterocycles. The number of rotatable bonds is 8. The second-order valence-electron chi connectivity index (χ2n) is 7.76. The molecule has 0 bridgehead atoms. The molecule has 32 heavy (non-hydrogen) atoms. The van der Waals surface area contributed by atoms with E-state index in [2.05, 4.69) is 10.3 Å². The van der Waals surface area contributed by atoms with Gasteiger partial charge in [-0.15, -0.1) is 5.10 Å². The zero-order valence-corrected chi connectivity index (χ0v) is 18.4. The van der Waals surface area contributed by atoms with Gasteiger partial charge in [-0.3, -0.25) is 0 Å². The summed E-state index contributed by atoms with van der Waals surface area (Å²) in [7, 11) is 0. The molecule has 8 heteroatoms. The summed E-state index contributed by atoms with van der Waals surface area (Å²) >= 11 is 0. The van der Waals surface area contributed by atoms with E-state index < -0.39 is 12.2 Å². The van der Waals surface area contributed by atoms with Crippen LogP contribution in [0.5, 0.6) is 11.5 Å². The number of benzene rings is 2. The van der Waals surface area contributed by atoms with Crippen molar-refractivity contribution in [3.05, 3.63) is 71.5 Å². The van der Waals surface area contributed by atoms with Crippen molar-refractivity contribution < 1.29 is 23.7 Å². The molecule has 1 fully saturated rings. The van der Waals surface area contributed by atoms with E-state index in [1.165, 1.54) is 16.4 Å². The number of aromatic nitrogens is 3. The minimum absolute atomic E-state index is 0.144. The normalized spacial score (nSPS) is 20.2. The molecule has 0 aliphatic carbocycles. The molecule has 8 nitrogen and oxygen atoms in total. The minimum atomic E-state index is -0.511. The Hall–Kier alpha value is -3.39. The van der Waals surface area contributed by atoms with E-state index >= 15 is 0 Å². The van der Waals surface area contributed by atoms with Crippen molar-refractivity contribution in [2.24, 2.45) is 0 Å². The van der Waals surface area contributed by atoms with Crippen molar-refractivity contribution in [3.63, 3.8) is 0 Å². The number of esters is 1. The van der Waals surface area contributed by atoms with Crippen molar-refractivity contribution in [1.82, 2.24) is 15.0 Å². The largest absolute Gasteiger partial charge is 0.491 e. The van der Waals surface area contributed by atoms with Gasteiger partial charge < -0.3 is 18.9 Å². The van der Waals surface area contributed by atoms with E-state index in [0.717, 1.165) is 17.1 Å². The monoisotopic (exact) mass is 437 g/mol. The van der Waals surface area contributed by atoms with Gasteiger partial charge in [-0.1, -0.05) is 40.6 Å². The summed E-state index contributed by atoms with van der Waals surface area (Å²) in [6.07, 6.45) is 1.03. The first-order chi connectivity index (χ1) is 15.5. The highest BCUT2D eigenvalue weighted by Gasteiger charge is 2.39. The lowest BCUT2D eigenvalue weighted by molar-refractivity contribution is -0.0406. The molecule has 1 saturated heterocycles. The van der Waals surface area contributed by atoms with Crippen LogP contribution in [-0.4, -0.2) is 46.4 Å². The Morgan fingerprint density at radius 1 is 1.06 bits per heavy atom. The molecule has 1 aliphatic rings. The molecule has 0 N–H and O–H groups in total. The molecule has 3 aromatic rings. The molecule has 0 amide bonds. The van der Waals surface area contributed by atoms with Crippen LogP contribution >= 0.6 is 0 Å². The molecule has 3 atom stereocenters. The van der Waals surface area contributed by atoms with Gasteiger partial charge in [0.1, 0.15) is 30.3 Å². The third-order valence-corrected chi connectivity index (χ3v) is 5.21. The van der Waals surface area contributed by atoms with Crippen LogP contribution in [0.3, 0.4) is 0 Å². The first-order valence-corrected chi connectivity index (χ1v) is 10.7. The van der Waals surface area contributed by atoms with Gasteiger partial charge in [-0.05, 0) is 45.0 Å². The Balaban J connectivity index is 1.48. The fraction of sp³-hybridized carbons (Fsp3) is 0.375. The predicted molar refractivity (Wildman–Crippen MR) is 117 cm³/mol. The number of hydrogen-bond donors (Lipinski definition) is 0. The van der Waals surface area contributed by atoms with Gasteiger partial charge in [0.2, 0.25) is 0 Å². The highest BCUT2D eigenvalue weighted by molar-refractivity contribution is 5.86. The summed E-state index contributed by atoms with van der Waals surface area (Å²) in [5.74, 6) is 1.02. The van der Waals surface area contributed by atoms with Gasteiger partial charge in [0.15, 0.2) is 11.9 Å². The van der Waals surface area contributed by atoms with Crippen molar-refractivity contribution in [1.29, 1.82) is 0 Å². The molecular weight excluding hydrogens is 410 g/mol. The lowest BCUT2D eigenvalue weighted by atomic mass is 10.1. The number of carbonyl (C=O) groups is 1. The summed E-state index contributed by atoms with van der Waals surface area (Å²) in [6, 6.07) is 15.7. The first-order valence-electron chi connectivity index (χ1n) is 10.7. The standard InChI is InChI=1S/C24H27N3O5/c1-4-29-24(28)20-14-27(26-25-20)23-13-21(31-19-11-7-17(3)8-12-19)22(32-23)15-30-18-9-5-16(2)6-10-18/h5-12,14,21-23H,4,13,15H2,1-3H3/t21-,22+,23-/m0/s1. The lowest BCUT2D eigenvalue weighted by Gasteiger charge is -2.20. The Labute approximate surface area is 187 Å². The van der Waals surface area contributed by atoms with Crippen LogP contribution < -0.4 is 9.47 Å². The van der Waals surface area contributed by atoms with Gasteiger partial charge in [0.05, 0.1) is 12.8 Å². The van der Waals surface area contributed by atoms with Crippen LogP contribution in [0.25, 0.3) is 0 Å². The Morgan fingerprint density at radius 2 is 1.72 bits per heavy atom. The summed E-state index contributed by atoms with van der Waals surface area (Å²) in [6.45, 7) is 6.39. The maximum absolute atomic E-state index is 11.9. The number of ether oxygens (including phenoxy) is 4. The van der Waals surface area contributed by atoms with E-state index in [-0.39, 0.29) is 24.5 Å². The smallest absolute Gasteiger partial charge is 0.360 e. The highest BCUT2D eigenvalue weighted by Crippen LogP contribution is 2.32. The van der Waals surface area contributed by atoms with Crippen LogP contribution in [0.2, 0.25) is 0 Å². The van der Waals surface area contributed by atoms with Gasteiger partial charge in [-0.2, -0.15) is 0 Å². The average Bonchev–Trinajstić information content (AvgIpc) is 3.43. The fourth-order valence-electron chi connectivity index (χ4n) is 3.46. The van der Waals surface area contributed by atoms with E-state index in [4.69, 9.17) is 18.9 Å². The first kappa shape index (κ1) is 21.8. The molecule has 0 radical (unpaired) electrons. The van der Waals surface area contributed by atoms with Gasteiger partial charge in [0.25, 0.3) is 0 Å². The summed E-state index contributed by atoms with van der Waals surface area (Å²) in [4.78, 5) is 11.9. The van der Waals surface area contributed by atoms with Crippen LogP contribution in [0.15, 0.2) is 54.7 Å². The molecule has 1 aromatic heterocycles. The molecule has 2 aromatic carbocycles. The van der Waals surface area contributed by atoms with Gasteiger partial charge in [-0.25, -0.2) is 9.48 Å². The average molecular weight is 437 g/mol. The van der Waals surface area contributed by atoms with Crippen molar-refractivity contribution in [2.75, 3.05) is 13.2 Å². The molecule has 168 valence electrons. The number of aryl methyl sites for hydroxylation is 2. The Kier molecular flexibility index (Phi) is 6.70. The van der Waals surface area contributed by atoms with Gasteiger partial charge in [0, 0.05) is 6.42 Å². The molecule has 0 unspecified atom stereocenters. The maximum Gasteiger partial charge on any atom is 0.360 e. The Bertz CT molecular complexity index is 1030. The zero-order valence-electron chi connectivity index (χ0n) is 18.4. The van der Waals surface area contributed by atoms with Gasteiger partial charge >= 0.3 is 5.97 Å². The fourth-order valence-corrected chi connectivity index (χ4v) is 3.46. The van der Waals surface area contributed by atoms with Crippen molar-refractivity contribution >= 4 is 5.97 Å². The number of nitrogens with zero attached hydrogens (tertiary/aromatic N) is 3. The van der Waals surface area contributed by atoms with Crippen molar-refractivity contribution in [2.45, 2.75) is 45.6 Å². The summed E-state index contributed by atoms with van der Waals surface area (Å²) < 4.78 is 24.9. The van der Waals surface area contributed by atoms with Crippen LogP contribution in [-0.2, 0) is 9.47 Å². The van der Waals surface area contributed by atoms with E-state index in [1.807, 2.05) is 62.4 Å². The predicted octanol–water partition coefficient (Wildman–Crippen LogP) is 3.89. The third-order valence-electron chi connectivity index (χ3n) is 5.21. The third kappa shape index (κ3) is 5.26. The van der Waals surface area contributed by atoms with E-state index in [1.54, 1.807) is 6.92 Å². The van der Waals surface area contributed by atoms with Crippen LogP contribution in [0.4, 0.5) is 0 Å². The SMILES string of the molecule is CCOC(=O)c1cn([C@@H]2C[C@H](Oc3ccc(C)cc3)[C@@H](COc3ccc(C)cc3)O2)nn1. The van der Waals surface area contributed by atoms with Crippen LogP contribution in [0.1, 0.15) is 41.2 Å². The Morgan fingerprint density at radius 3 is 2.38 bits per heavy atom. The molecule has 0 spiro atoms. The summed E-state index contributed by atoms with van der Waals surface area (Å²) in [5.41, 5.74) is 2.47. The maximum atomic E-state index is 11.9. The van der Waals surface area contributed by atoms with E-state index in [0.29, 0.717) is 13.0 Å². The number of hydrogen-bond acceptors (Lipinski definition) is 7.